The first-order valence-corrected chi connectivity index (χ1v) is 9.61. The van der Waals surface area contributed by atoms with E-state index in [1.165, 1.54) is 0 Å². The van der Waals surface area contributed by atoms with Crippen LogP contribution in [0.1, 0.15) is 28.8 Å². The molecule has 1 saturated carbocycles. The molecule has 0 saturated heterocycles. The molecule has 1 aromatic carbocycles. The van der Waals surface area contributed by atoms with Crippen molar-refractivity contribution < 1.29 is 9.59 Å². The number of carbonyl (C=O) groups is 2. The van der Waals surface area contributed by atoms with E-state index in [2.05, 4.69) is 31.7 Å². The van der Waals surface area contributed by atoms with Crippen LogP contribution in [0.3, 0.4) is 0 Å². The van der Waals surface area contributed by atoms with E-state index in [1.54, 1.807) is 49.1 Å². The molecule has 1 aliphatic rings. The highest BCUT2D eigenvalue weighted by atomic mass is 16.2. The van der Waals surface area contributed by atoms with Crippen LogP contribution in [0.2, 0.25) is 0 Å². The summed E-state index contributed by atoms with van der Waals surface area (Å²) in [7, 11) is 0. The molecule has 3 N–H and O–H groups in total. The van der Waals surface area contributed by atoms with Crippen LogP contribution < -0.4 is 10.6 Å². The van der Waals surface area contributed by atoms with Crippen LogP contribution in [0.15, 0.2) is 61.2 Å². The number of amides is 2. The number of pyridine rings is 1. The van der Waals surface area contributed by atoms with Crippen LogP contribution in [-0.4, -0.2) is 38.3 Å². The maximum Gasteiger partial charge on any atom is 0.251 e. The number of nitriles is 1. The summed E-state index contributed by atoms with van der Waals surface area (Å²) >= 11 is 0. The van der Waals surface area contributed by atoms with Crippen molar-refractivity contribution in [3.05, 3.63) is 72.3 Å². The van der Waals surface area contributed by atoms with Crippen molar-refractivity contribution in [1.29, 1.82) is 5.26 Å². The van der Waals surface area contributed by atoms with E-state index >= 15 is 0 Å². The molecule has 30 heavy (non-hydrogen) atoms. The molecule has 3 aromatic rings. The van der Waals surface area contributed by atoms with Gasteiger partial charge >= 0.3 is 0 Å². The van der Waals surface area contributed by atoms with Crippen molar-refractivity contribution >= 4 is 11.8 Å². The number of aromatic nitrogens is 3. The number of aromatic amines is 1. The van der Waals surface area contributed by atoms with Gasteiger partial charge in [-0.1, -0.05) is 18.2 Å². The van der Waals surface area contributed by atoms with Crippen molar-refractivity contribution in [3.8, 4) is 17.5 Å². The lowest BCUT2D eigenvalue weighted by atomic mass is 10.0. The number of benzene rings is 1. The van der Waals surface area contributed by atoms with E-state index in [0.717, 1.165) is 11.1 Å². The second kappa shape index (κ2) is 8.17. The fraction of sp³-hybridized carbons (Fsp3) is 0.227. The number of rotatable bonds is 7. The van der Waals surface area contributed by atoms with Crippen molar-refractivity contribution in [2.45, 2.75) is 30.8 Å². The van der Waals surface area contributed by atoms with Crippen LogP contribution in [0, 0.1) is 11.3 Å². The topological polar surface area (TPSA) is 124 Å². The number of nitrogens with one attached hydrogen (secondary N) is 3. The predicted octanol–water partition coefficient (Wildman–Crippen LogP) is 1.99. The maximum absolute atomic E-state index is 12.9. The largest absolute Gasteiger partial charge is 0.345 e. The molecule has 150 valence electrons. The molecule has 8 heteroatoms. The summed E-state index contributed by atoms with van der Waals surface area (Å²) in [6, 6.07) is 11.9. The Morgan fingerprint density at radius 2 is 2.10 bits per heavy atom. The summed E-state index contributed by atoms with van der Waals surface area (Å²) in [5.41, 5.74) is 1.18. The van der Waals surface area contributed by atoms with Gasteiger partial charge in [0.15, 0.2) is 0 Å². The number of H-pyrrole nitrogens is 1. The zero-order chi connectivity index (χ0) is 21.0. The van der Waals surface area contributed by atoms with Gasteiger partial charge < -0.3 is 15.6 Å². The highest BCUT2D eigenvalue weighted by Gasteiger charge is 2.45. The van der Waals surface area contributed by atoms with Gasteiger partial charge in [0.1, 0.15) is 17.4 Å². The minimum atomic E-state index is -0.834. The third kappa shape index (κ3) is 4.36. The summed E-state index contributed by atoms with van der Waals surface area (Å²) < 4.78 is 0. The van der Waals surface area contributed by atoms with Crippen LogP contribution in [0.5, 0.6) is 0 Å². The third-order valence-electron chi connectivity index (χ3n) is 5.01. The van der Waals surface area contributed by atoms with Gasteiger partial charge in [0, 0.05) is 42.3 Å². The van der Waals surface area contributed by atoms with Crippen LogP contribution in [-0.2, 0) is 11.2 Å². The SMILES string of the molecule is N#CC1(NC(=O)[C@H](Cc2cccnc2)NC(=O)c2cccc(-c3ncc[nH]3)c2)CC1. The Kier molecular flexibility index (Phi) is 5.26. The molecule has 0 bridgehead atoms. The number of hydrogen-bond donors (Lipinski definition) is 3. The summed E-state index contributed by atoms with van der Waals surface area (Å²) in [4.78, 5) is 37.1. The lowest BCUT2D eigenvalue weighted by Gasteiger charge is -2.20. The van der Waals surface area contributed by atoms with Gasteiger partial charge in [-0.05, 0) is 36.6 Å². The van der Waals surface area contributed by atoms with E-state index in [0.29, 0.717) is 24.2 Å². The molecule has 4 rings (SSSR count). The van der Waals surface area contributed by atoms with Crippen LogP contribution >= 0.6 is 0 Å². The number of imidazole rings is 1. The molecular formula is C22H20N6O2. The normalized spacial score (nSPS) is 14.9. The highest BCUT2D eigenvalue weighted by molar-refractivity contribution is 5.98. The molecule has 8 nitrogen and oxygen atoms in total. The molecule has 1 aliphatic carbocycles. The minimum Gasteiger partial charge on any atom is -0.345 e. The molecule has 2 aromatic heterocycles. The fourth-order valence-corrected chi connectivity index (χ4v) is 3.15. The molecule has 1 atom stereocenters. The summed E-state index contributed by atoms with van der Waals surface area (Å²) in [5, 5.41) is 14.9. The van der Waals surface area contributed by atoms with Gasteiger partial charge in [-0.2, -0.15) is 5.26 Å². The predicted molar refractivity (Wildman–Crippen MR) is 109 cm³/mol. The molecule has 0 aliphatic heterocycles. The molecule has 0 spiro atoms. The van der Waals surface area contributed by atoms with E-state index in [-0.39, 0.29) is 18.2 Å². The van der Waals surface area contributed by atoms with Crippen molar-refractivity contribution in [2.75, 3.05) is 0 Å². The maximum atomic E-state index is 12.9. The van der Waals surface area contributed by atoms with Gasteiger partial charge in [-0.25, -0.2) is 4.98 Å². The Labute approximate surface area is 173 Å². The van der Waals surface area contributed by atoms with Crippen molar-refractivity contribution in [2.24, 2.45) is 0 Å². The van der Waals surface area contributed by atoms with E-state index in [4.69, 9.17) is 0 Å². The smallest absolute Gasteiger partial charge is 0.251 e. The molecule has 2 amide bonds. The van der Waals surface area contributed by atoms with Gasteiger partial charge in [-0.3, -0.25) is 14.6 Å². The van der Waals surface area contributed by atoms with Crippen molar-refractivity contribution in [1.82, 2.24) is 25.6 Å². The molecule has 0 radical (unpaired) electrons. The first-order valence-electron chi connectivity index (χ1n) is 9.61. The second-order valence-electron chi connectivity index (χ2n) is 7.29. The molecular weight excluding hydrogens is 380 g/mol. The fourth-order valence-electron chi connectivity index (χ4n) is 3.15. The zero-order valence-electron chi connectivity index (χ0n) is 16.1. The quantitative estimate of drug-likeness (QED) is 0.560. The first-order chi connectivity index (χ1) is 14.6. The molecule has 2 heterocycles. The minimum absolute atomic E-state index is 0.269. The number of carbonyl (C=O) groups excluding carboxylic acids is 2. The zero-order valence-corrected chi connectivity index (χ0v) is 16.1. The van der Waals surface area contributed by atoms with E-state index < -0.39 is 11.6 Å². The average molecular weight is 400 g/mol. The number of nitrogens with zero attached hydrogens (tertiary/aromatic N) is 3. The van der Waals surface area contributed by atoms with Gasteiger partial charge in [0.25, 0.3) is 5.91 Å². The standard InChI is InChI=1S/C22H20N6O2/c23-14-22(6-7-22)28-21(30)18(11-15-3-2-8-24-13-15)27-20(29)17-5-1-4-16(12-17)19-25-9-10-26-19/h1-5,8-10,12-13,18H,6-7,11H2,(H,25,26)(H,27,29)(H,28,30)/t18-/m0/s1. The van der Waals surface area contributed by atoms with Gasteiger partial charge in [0.2, 0.25) is 5.91 Å². The first kappa shape index (κ1) is 19.3. The van der Waals surface area contributed by atoms with Gasteiger partial charge in [-0.15, -0.1) is 0 Å². The van der Waals surface area contributed by atoms with Gasteiger partial charge in [0.05, 0.1) is 6.07 Å². The Bertz CT molecular complexity index is 1080. The number of hydrogen-bond acceptors (Lipinski definition) is 5. The Morgan fingerprint density at radius 3 is 2.77 bits per heavy atom. The molecule has 1 fully saturated rings. The monoisotopic (exact) mass is 400 g/mol. The molecule has 0 unspecified atom stereocenters. The van der Waals surface area contributed by atoms with Crippen LogP contribution in [0.25, 0.3) is 11.4 Å². The average Bonchev–Trinajstić information content (AvgIpc) is 3.33. The Morgan fingerprint density at radius 1 is 1.23 bits per heavy atom. The Balaban J connectivity index is 1.53. The lowest BCUT2D eigenvalue weighted by Crippen LogP contribution is -2.51. The Hall–Kier alpha value is -3.99. The van der Waals surface area contributed by atoms with E-state index in [1.807, 2.05) is 12.1 Å². The third-order valence-corrected chi connectivity index (χ3v) is 5.01. The summed E-state index contributed by atoms with van der Waals surface area (Å²) in [5.74, 6) is -0.110. The summed E-state index contributed by atoms with van der Waals surface area (Å²) in [6.45, 7) is 0. The lowest BCUT2D eigenvalue weighted by molar-refractivity contribution is -0.123. The van der Waals surface area contributed by atoms with Crippen LogP contribution in [0.4, 0.5) is 0 Å². The summed E-state index contributed by atoms with van der Waals surface area (Å²) in [6.07, 6.45) is 8.15. The van der Waals surface area contributed by atoms with Crippen molar-refractivity contribution in [3.63, 3.8) is 0 Å². The highest BCUT2D eigenvalue weighted by Crippen LogP contribution is 2.34. The van der Waals surface area contributed by atoms with E-state index in [9.17, 15) is 14.9 Å². The second-order valence-corrected chi connectivity index (χ2v) is 7.29.